The van der Waals surface area contributed by atoms with Crippen molar-refractivity contribution >= 4 is 19.9 Å². The third-order valence-electron chi connectivity index (χ3n) is 5.56. The Morgan fingerprint density at radius 3 is 2.27 bits per heavy atom. The average molecular weight is 504 g/mol. The van der Waals surface area contributed by atoms with Crippen molar-refractivity contribution in [3.05, 3.63) is 53.6 Å². The molecule has 0 N–H and O–H groups in total. The zero-order chi connectivity index (χ0) is 24.4. The topological polar surface area (TPSA) is 90.0 Å². The number of sulfonamides is 1. The summed E-state index contributed by atoms with van der Waals surface area (Å²) in [5, 5.41) is 0. The number of nitrogens with zero attached hydrogens (tertiary/aromatic N) is 1. The fraction of sp³-hybridized carbons (Fsp3) is 0.455. The lowest BCUT2D eigenvalue weighted by molar-refractivity contribution is -0.0513. The molecule has 0 radical (unpaired) electrons. The molecule has 33 heavy (non-hydrogen) atoms. The Labute approximate surface area is 193 Å². The maximum absolute atomic E-state index is 13.6. The molecule has 1 aliphatic heterocycles. The molecule has 2 aromatic carbocycles. The van der Waals surface area contributed by atoms with Gasteiger partial charge in [0.1, 0.15) is 0 Å². The van der Waals surface area contributed by atoms with Gasteiger partial charge in [-0.25, -0.2) is 16.8 Å². The Bertz CT molecular complexity index is 1180. The van der Waals surface area contributed by atoms with Crippen molar-refractivity contribution in [2.24, 2.45) is 0 Å². The zero-order valence-corrected chi connectivity index (χ0v) is 20.2. The second-order valence-corrected chi connectivity index (χ2v) is 12.3. The number of hydrogen-bond donors (Lipinski definition) is 0. The van der Waals surface area contributed by atoms with Crippen LogP contribution in [0.4, 0.5) is 8.78 Å². The van der Waals surface area contributed by atoms with Crippen molar-refractivity contribution in [2.45, 2.75) is 50.3 Å². The van der Waals surface area contributed by atoms with E-state index in [2.05, 4.69) is 4.74 Å². The summed E-state index contributed by atoms with van der Waals surface area (Å²) in [7, 11) is -6.38. The highest BCUT2D eigenvalue weighted by molar-refractivity contribution is 7.92. The summed E-state index contributed by atoms with van der Waals surface area (Å²) >= 11 is 0. The Balaban J connectivity index is 2.02. The molecule has 0 bridgehead atoms. The van der Waals surface area contributed by atoms with Crippen molar-refractivity contribution in [3.8, 4) is 11.5 Å². The van der Waals surface area contributed by atoms with Crippen LogP contribution in [0.25, 0.3) is 0 Å². The first-order valence-corrected chi connectivity index (χ1v) is 13.6. The normalized spacial score (nSPS) is 18.2. The number of ether oxygens (including phenoxy) is 2. The Hall–Kier alpha value is -2.24. The summed E-state index contributed by atoms with van der Waals surface area (Å²) in [4.78, 5) is -0.290. The predicted molar refractivity (Wildman–Crippen MR) is 120 cm³/mol. The van der Waals surface area contributed by atoms with E-state index >= 15 is 0 Å². The Kier molecular flexibility index (Phi) is 7.65. The van der Waals surface area contributed by atoms with E-state index in [4.69, 9.17) is 4.74 Å². The molecule has 0 aromatic heterocycles. The van der Waals surface area contributed by atoms with E-state index in [1.807, 2.05) is 26.0 Å². The number of methoxy groups -OCH3 is 1. The molecule has 0 aliphatic carbocycles. The monoisotopic (exact) mass is 503 g/mol. The van der Waals surface area contributed by atoms with Crippen molar-refractivity contribution in [1.29, 1.82) is 0 Å². The summed E-state index contributed by atoms with van der Waals surface area (Å²) in [5.41, 5.74) is 1.77. The van der Waals surface area contributed by atoms with Gasteiger partial charge >= 0.3 is 6.61 Å². The minimum absolute atomic E-state index is 0.0477. The van der Waals surface area contributed by atoms with Gasteiger partial charge < -0.3 is 9.47 Å². The minimum Gasteiger partial charge on any atom is -0.493 e. The van der Waals surface area contributed by atoms with Crippen LogP contribution >= 0.6 is 0 Å². The molecule has 1 aliphatic rings. The fourth-order valence-electron chi connectivity index (χ4n) is 3.74. The largest absolute Gasteiger partial charge is 0.493 e. The lowest BCUT2D eigenvalue weighted by Gasteiger charge is -2.28. The lowest BCUT2D eigenvalue weighted by atomic mass is 10.0. The molecule has 1 atom stereocenters. The van der Waals surface area contributed by atoms with E-state index in [0.717, 1.165) is 15.9 Å². The van der Waals surface area contributed by atoms with Gasteiger partial charge in [0.05, 0.1) is 23.5 Å². The molecule has 7 nitrogen and oxygen atoms in total. The van der Waals surface area contributed by atoms with Crippen LogP contribution in [-0.4, -0.2) is 52.4 Å². The molecule has 0 unspecified atom stereocenters. The van der Waals surface area contributed by atoms with Gasteiger partial charge in [-0.2, -0.15) is 13.1 Å². The van der Waals surface area contributed by atoms with Crippen LogP contribution in [0.3, 0.4) is 0 Å². The van der Waals surface area contributed by atoms with Crippen LogP contribution < -0.4 is 9.47 Å². The van der Waals surface area contributed by atoms with Gasteiger partial charge in [0.15, 0.2) is 21.3 Å². The van der Waals surface area contributed by atoms with Crippen molar-refractivity contribution < 1.29 is 35.1 Å². The summed E-state index contributed by atoms with van der Waals surface area (Å²) in [6, 6.07) is 10.1. The highest BCUT2D eigenvalue weighted by atomic mass is 32.2. The molecule has 182 valence electrons. The molecular formula is C22H27F2NO6S2. The van der Waals surface area contributed by atoms with Gasteiger partial charge in [-0.05, 0) is 35.6 Å². The van der Waals surface area contributed by atoms with Crippen molar-refractivity contribution in [1.82, 2.24) is 4.31 Å². The minimum atomic E-state index is -4.25. The smallest absolute Gasteiger partial charge is 0.387 e. The van der Waals surface area contributed by atoms with Crippen LogP contribution in [-0.2, 0) is 26.4 Å². The molecule has 0 saturated carbocycles. The van der Waals surface area contributed by atoms with E-state index in [1.165, 1.54) is 19.2 Å². The predicted octanol–water partition coefficient (Wildman–Crippen LogP) is 3.80. The van der Waals surface area contributed by atoms with E-state index in [9.17, 15) is 25.6 Å². The number of rotatable bonds is 9. The Morgan fingerprint density at radius 2 is 1.76 bits per heavy atom. The SMILES string of the molecule is COc1ccc(S(=O)(=O)N(Cc2ccc(C(C)C)cc2)[C@H]2CCS(=O)(=O)C2)cc1OC(F)F. The zero-order valence-electron chi connectivity index (χ0n) is 18.6. The van der Waals surface area contributed by atoms with Crippen LogP contribution in [0, 0.1) is 0 Å². The molecule has 1 heterocycles. The van der Waals surface area contributed by atoms with Gasteiger partial charge in [0.25, 0.3) is 0 Å². The second-order valence-electron chi connectivity index (χ2n) is 8.19. The molecule has 11 heteroatoms. The first kappa shape index (κ1) is 25.4. The van der Waals surface area contributed by atoms with E-state index < -0.39 is 38.3 Å². The number of alkyl halides is 2. The number of sulfone groups is 1. The van der Waals surface area contributed by atoms with Gasteiger partial charge in [-0.3, -0.25) is 0 Å². The molecule has 1 saturated heterocycles. The molecule has 3 rings (SSSR count). The third kappa shape index (κ3) is 6.01. The van der Waals surface area contributed by atoms with Crippen LogP contribution in [0.1, 0.15) is 37.3 Å². The van der Waals surface area contributed by atoms with E-state index in [0.29, 0.717) is 11.5 Å². The molecule has 1 fully saturated rings. The fourth-order valence-corrected chi connectivity index (χ4v) is 7.23. The van der Waals surface area contributed by atoms with Gasteiger partial charge in [0.2, 0.25) is 10.0 Å². The van der Waals surface area contributed by atoms with Gasteiger partial charge in [0, 0.05) is 18.7 Å². The van der Waals surface area contributed by atoms with Crippen LogP contribution in [0.2, 0.25) is 0 Å². The lowest BCUT2D eigenvalue weighted by Crippen LogP contribution is -2.40. The van der Waals surface area contributed by atoms with Gasteiger partial charge in [-0.15, -0.1) is 0 Å². The van der Waals surface area contributed by atoms with Crippen molar-refractivity contribution in [2.75, 3.05) is 18.6 Å². The summed E-state index contributed by atoms with van der Waals surface area (Å²) in [6.45, 7) is 0.848. The summed E-state index contributed by atoms with van der Waals surface area (Å²) in [6.07, 6.45) is 0.155. The Morgan fingerprint density at radius 1 is 1.09 bits per heavy atom. The quantitative estimate of drug-likeness (QED) is 0.517. The number of benzene rings is 2. The number of hydrogen-bond acceptors (Lipinski definition) is 6. The van der Waals surface area contributed by atoms with Gasteiger partial charge in [-0.1, -0.05) is 38.1 Å². The maximum atomic E-state index is 13.6. The molecule has 0 amide bonds. The van der Waals surface area contributed by atoms with E-state index in [-0.39, 0.29) is 35.1 Å². The first-order chi connectivity index (χ1) is 15.4. The maximum Gasteiger partial charge on any atom is 0.387 e. The van der Waals surface area contributed by atoms with E-state index in [1.54, 1.807) is 12.1 Å². The summed E-state index contributed by atoms with van der Waals surface area (Å²) in [5.74, 6) is -0.584. The molecular weight excluding hydrogens is 476 g/mol. The highest BCUT2D eigenvalue weighted by Crippen LogP contribution is 2.34. The molecule has 0 spiro atoms. The third-order valence-corrected chi connectivity index (χ3v) is 9.20. The standard InChI is InChI=1S/C22H27F2NO6S2/c1-15(2)17-6-4-16(5-7-17)13-25(18-10-11-32(26,27)14-18)33(28,29)19-8-9-20(30-3)21(12-19)31-22(23)24/h4-9,12,15,18,22H,10-11,13-14H2,1-3H3/t18-/m0/s1. The van der Waals surface area contributed by atoms with Crippen LogP contribution in [0.15, 0.2) is 47.4 Å². The average Bonchev–Trinajstić information content (AvgIpc) is 3.10. The number of halogens is 2. The summed E-state index contributed by atoms with van der Waals surface area (Å²) < 4.78 is 87.6. The van der Waals surface area contributed by atoms with Crippen LogP contribution in [0.5, 0.6) is 11.5 Å². The first-order valence-electron chi connectivity index (χ1n) is 10.4. The molecule has 2 aromatic rings. The highest BCUT2D eigenvalue weighted by Gasteiger charge is 2.39. The second kappa shape index (κ2) is 9.94. The van der Waals surface area contributed by atoms with Crippen molar-refractivity contribution in [3.63, 3.8) is 0 Å².